The van der Waals surface area contributed by atoms with Gasteiger partial charge in [0.1, 0.15) is 0 Å². The summed E-state index contributed by atoms with van der Waals surface area (Å²) in [4.78, 5) is 3.26. The lowest BCUT2D eigenvalue weighted by Gasteiger charge is -1.99. The molecule has 0 radical (unpaired) electrons. The Morgan fingerprint density at radius 2 is 2.17 bits per heavy atom. The molecular weight excluding hydrogens is 224 g/mol. The van der Waals surface area contributed by atoms with Crippen molar-refractivity contribution in [2.45, 2.75) is 26.7 Å². The fourth-order valence-electron chi connectivity index (χ4n) is 1.99. The molecule has 0 bridgehead atoms. The Morgan fingerprint density at radius 3 is 2.89 bits per heavy atom. The summed E-state index contributed by atoms with van der Waals surface area (Å²) in [5.74, 6) is 0. The number of rotatable bonds is 4. The van der Waals surface area contributed by atoms with Crippen LogP contribution in [0.3, 0.4) is 0 Å². The molecule has 0 saturated heterocycles. The topological polar surface area (TPSA) is 48.4 Å². The van der Waals surface area contributed by atoms with Crippen molar-refractivity contribution >= 4 is 17.1 Å². The maximum atomic E-state index is 8.46. The van der Waals surface area contributed by atoms with Gasteiger partial charge in [0.25, 0.3) is 0 Å². The minimum atomic E-state index is 0.643. The second-order valence-electron chi connectivity index (χ2n) is 4.68. The Labute approximate surface area is 107 Å². The smallest absolute Gasteiger partial charge is 0.0480 e. The summed E-state index contributed by atoms with van der Waals surface area (Å²) in [6, 6.07) is 6.45. The molecule has 0 aliphatic rings. The maximum absolute atomic E-state index is 8.46. The predicted octanol–water partition coefficient (Wildman–Crippen LogP) is 3.68. The highest BCUT2D eigenvalue weighted by Gasteiger charge is 2.03. The number of hydrogen-bond donors (Lipinski definition) is 2. The summed E-state index contributed by atoms with van der Waals surface area (Å²) in [6.07, 6.45) is 7.30. The maximum Gasteiger partial charge on any atom is 0.0480 e. The van der Waals surface area contributed by atoms with Crippen molar-refractivity contribution in [1.29, 1.82) is 0 Å². The summed E-state index contributed by atoms with van der Waals surface area (Å²) in [6.45, 7) is 4.22. The molecule has 0 saturated carbocycles. The first-order valence-corrected chi connectivity index (χ1v) is 6.09. The summed E-state index contributed by atoms with van der Waals surface area (Å²) >= 11 is 0. The molecular formula is C15H18N2O. The zero-order chi connectivity index (χ0) is 13.0. The summed E-state index contributed by atoms with van der Waals surface area (Å²) in [7, 11) is 0. The van der Waals surface area contributed by atoms with E-state index < -0.39 is 0 Å². The van der Waals surface area contributed by atoms with E-state index >= 15 is 0 Å². The van der Waals surface area contributed by atoms with Gasteiger partial charge in [0, 0.05) is 29.7 Å². The highest BCUT2D eigenvalue weighted by atomic mass is 16.4. The van der Waals surface area contributed by atoms with Gasteiger partial charge in [-0.15, -0.1) is 5.16 Å². The highest BCUT2D eigenvalue weighted by molar-refractivity contribution is 5.86. The number of allylic oxidation sites excluding steroid dienone is 2. The molecule has 3 nitrogen and oxygen atoms in total. The Hall–Kier alpha value is -2.03. The molecule has 94 valence electrons. The molecule has 0 atom stereocenters. The molecule has 1 heterocycles. The van der Waals surface area contributed by atoms with Gasteiger partial charge < -0.3 is 10.2 Å². The van der Waals surface area contributed by atoms with Gasteiger partial charge >= 0.3 is 0 Å². The first-order chi connectivity index (χ1) is 8.70. The van der Waals surface area contributed by atoms with E-state index in [0.717, 1.165) is 17.5 Å². The van der Waals surface area contributed by atoms with Crippen LogP contribution in [0, 0.1) is 0 Å². The van der Waals surface area contributed by atoms with Crippen LogP contribution in [0.15, 0.2) is 41.2 Å². The van der Waals surface area contributed by atoms with E-state index in [0.29, 0.717) is 6.42 Å². The van der Waals surface area contributed by atoms with Gasteiger partial charge in [0.2, 0.25) is 0 Å². The van der Waals surface area contributed by atoms with E-state index in [9.17, 15) is 0 Å². The molecule has 2 N–H and O–H groups in total. The van der Waals surface area contributed by atoms with Gasteiger partial charge in [-0.05, 0) is 37.5 Å². The number of H-pyrrole nitrogens is 1. The SMILES string of the molecule is CC(C)=CCc1ccc2c(CC=NO)c[nH]c2c1. The molecule has 1 aromatic carbocycles. The van der Waals surface area contributed by atoms with Crippen LogP contribution >= 0.6 is 0 Å². The molecule has 0 spiro atoms. The zero-order valence-corrected chi connectivity index (χ0v) is 10.8. The van der Waals surface area contributed by atoms with Crippen molar-refractivity contribution in [3.63, 3.8) is 0 Å². The van der Waals surface area contributed by atoms with Gasteiger partial charge in [-0.3, -0.25) is 0 Å². The van der Waals surface area contributed by atoms with Crippen molar-refractivity contribution in [3.05, 3.63) is 47.2 Å². The molecule has 0 fully saturated rings. The van der Waals surface area contributed by atoms with Crippen LogP contribution in [-0.2, 0) is 12.8 Å². The second-order valence-corrected chi connectivity index (χ2v) is 4.68. The van der Waals surface area contributed by atoms with E-state index in [2.05, 4.69) is 48.3 Å². The first kappa shape index (κ1) is 12.4. The molecule has 0 aliphatic heterocycles. The summed E-state index contributed by atoms with van der Waals surface area (Å²) in [5, 5.41) is 12.7. The van der Waals surface area contributed by atoms with E-state index in [1.165, 1.54) is 22.7 Å². The molecule has 0 aliphatic carbocycles. The second kappa shape index (κ2) is 5.54. The standard InChI is InChI=1S/C15H18N2O/c1-11(2)3-4-12-5-6-14-13(7-8-17-18)10-16-15(14)9-12/h3,5-6,8-10,16,18H,4,7H2,1-2H3. The van der Waals surface area contributed by atoms with Crippen molar-refractivity contribution in [3.8, 4) is 0 Å². The lowest BCUT2D eigenvalue weighted by molar-refractivity contribution is 0.321. The molecule has 2 aromatic rings. The highest BCUT2D eigenvalue weighted by Crippen LogP contribution is 2.20. The minimum Gasteiger partial charge on any atom is -0.411 e. The Bertz CT molecular complexity index is 590. The van der Waals surface area contributed by atoms with E-state index in [4.69, 9.17) is 5.21 Å². The fraction of sp³-hybridized carbons (Fsp3) is 0.267. The van der Waals surface area contributed by atoms with Crippen molar-refractivity contribution in [1.82, 2.24) is 4.98 Å². The van der Waals surface area contributed by atoms with Gasteiger partial charge in [-0.25, -0.2) is 0 Å². The van der Waals surface area contributed by atoms with Crippen molar-refractivity contribution in [2.75, 3.05) is 0 Å². The Morgan fingerprint density at radius 1 is 1.33 bits per heavy atom. The third kappa shape index (κ3) is 2.80. The van der Waals surface area contributed by atoms with Crippen LogP contribution in [0.25, 0.3) is 10.9 Å². The number of hydrogen-bond acceptors (Lipinski definition) is 2. The minimum absolute atomic E-state index is 0.643. The molecule has 18 heavy (non-hydrogen) atoms. The van der Waals surface area contributed by atoms with Gasteiger partial charge in [-0.1, -0.05) is 23.8 Å². The zero-order valence-electron chi connectivity index (χ0n) is 10.8. The first-order valence-electron chi connectivity index (χ1n) is 6.09. The molecule has 3 heteroatoms. The number of oxime groups is 1. The molecule has 2 rings (SSSR count). The van der Waals surface area contributed by atoms with Gasteiger partial charge in [0.05, 0.1) is 0 Å². The third-order valence-electron chi connectivity index (χ3n) is 2.97. The van der Waals surface area contributed by atoms with Crippen molar-refractivity contribution < 1.29 is 5.21 Å². The average molecular weight is 242 g/mol. The van der Waals surface area contributed by atoms with Crippen LogP contribution in [0.5, 0.6) is 0 Å². The largest absolute Gasteiger partial charge is 0.411 e. The monoisotopic (exact) mass is 242 g/mol. The number of fused-ring (bicyclic) bond motifs is 1. The Kier molecular flexibility index (Phi) is 3.82. The third-order valence-corrected chi connectivity index (χ3v) is 2.97. The molecule has 0 amide bonds. The molecule has 1 aromatic heterocycles. The van der Waals surface area contributed by atoms with E-state index in [1.54, 1.807) is 0 Å². The van der Waals surface area contributed by atoms with Crippen LogP contribution in [-0.4, -0.2) is 16.4 Å². The van der Waals surface area contributed by atoms with Gasteiger partial charge in [-0.2, -0.15) is 0 Å². The van der Waals surface area contributed by atoms with E-state index in [1.807, 2.05) is 6.20 Å². The normalized spacial score (nSPS) is 11.2. The van der Waals surface area contributed by atoms with Crippen LogP contribution in [0.1, 0.15) is 25.0 Å². The number of aromatic nitrogens is 1. The van der Waals surface area contributed by atoms with Crippen LogP contribution < -0.4 is 0 Å². The number of nitrogens with one attached hydrogen (secondary N) is 1. The van der Waals surface area contributed by atoms with E-state index in [-0.39, 0.29) is 0 Å². The Balaban J connectivity index is 2.27. The summed E-state index contributed by atoms with van der Waals surface area (Å²) < 4.78 is 0. The average Bonchev–Trinajstić information content (AvgIpc) is 2.76. The summed E-state index contributed by atoms with van der Waals surface area (Å²) in [5.41, 5.74) is 4.92. The number of nitrogens with zero attached hydrogens (tertiary/aromatic N) is 1. The predicted molar refractivity (Wildman–Crippen MR) is 75.4 cm³/mol. The lowest BCUT2D eigenvalue weighted by Crippen LogP contribution is -1.85. The van der Waals surface area contributed by atoms with Crippen LogP contribution in [0.2, 0.25) is 0 Å². The van der Waals surface area contributed by atoms with Crippen molar-refractivity contribution in [2.24, 2.45) is 5.16 Å². The quantitative estimate of drug-likeness (QED) is 0.365. The van der Waals surface area contributed by atoms with Crippen LogP contribution in [0.4, 0.5) is 0 Å². The number of benzene rings is 1. The number of aromatic amines is 1. The molecule has 0 unspecified atom stereocenters. The fourth-order valence-corrected chi connectivity index (χ4v) is 1.99. The van der Waals surface area contributed by atoms with Gasteiger partial charge in [0.15, 0.2) is 0 Å². The lowest BCUT2D eigenvalue weighted by atomic mass is 10.1.